The summed E-state index contributed by atoms with van der Waals surface area (Å²) in [5.74, 6) is 5.33. The van der Waals surface area contributed by atoms with Gasteiger partial charge in [0.05, 0.1) is 21.1 Å². The summed E-state index contributed by atoms with van der Waals surface area (Å²) < 4.78 is 27.3. The van der Waals surface area contributed by atoms with Crippen LogP contribution in [0.15, 0.2) is 146 Å². The van der Waals surface area contributed by atoms with Crippen LogP contribution in [0.3, 0.4) is 0 Å². The Morgan fingerprint density at radius 2 is 0.939 bits per heavy atom. The Labute approximate surface area is 290 Å². The lowest BCUT2D eigenvalue weighted by molar-refractivity contribution is 0.359. The second-order valence-corrected chi connectivity index (χ2v) is 13.3. The lowest BCUT2D eigenvalue weighted by Crippen LogP contribution is -2.11. The Bertz CT molecular complexity index is 2500. The molecule has 10 rings (SSSR count). The second-order valence-electron chi connectivity index (χ2n) is 11.8. The Morgan fingerprint density at radius 3 is 1.53 bits per heavy atom. The van der Waals surface area contributed by atoms with Gasteiger partial charge < -0.3 is 23.8 Å². The first-order chi connectivity index (χ1) is 24.2. The predicted molar refractivity (Wildman–Crippen MR) is 198 cm³/mol. The molecule has 8 aromatic rings. The number of hydrogen-bond donors (Lipinski definition) is 0. The largest absolute Gasteiger partial charge is 0.450 e. The van der Waals surface area contributed by atoms with E-state index in [9.17, 15) is 0 Å². The van der Waals surface area contributed by atoms with Crippen LogP contribution in [0.5, 0.6) is 46.0 Å². The molecule has 49 heavy (non-hydrogen) atoms. The summed E-state index contributed by atoms with van der Waals surface area (Å²) in [6.07, 6.45) is 0. The van der Waals surface area contributed by atoms with Crippen LogP contribution in [0.4, 0.5) is 17.1 Å². The minimum absolute atomic E-state index is 0.636. The van der Waals surface area contributed by atoms with Crippen LogP contribution in [0.25, 0.3) is 31.3 Å². The molecule has 5 nitrogen and oxygen atoms in total. The summed E-state index contributed by atoms with van der Waals surface area (Å²) in [6, 6.07) is 48.5. The molecule has 1 aromatic heterocycles. The molecule has 0 spiro atoms. The molecule has 0 saturated heterocycles. The lowest BCUT2D eigenvalue weighted by atomic mass is 9.99. The zero-order valence-corrected chi connectivity index (χ0v) is 27.3. The summed E-state index contributed by atoms with van der Waals surface area (Å²) >= 11 is 8.44. The fourth-order valence-electron chi connectivity index (χ4n) is 6.59. The molecule has 0 N–H and O–H groups in total. The third-order valence-corrected chi connectivity index (χ3v) is 10.5. The van der Waals surface area contributed by atoms with Crippen LogP contribution in [-0.4, -0.2) is 0 Å². The number of nitrogens with zero attached hydrogens (tertiary/aromatic N) is 1. The summed E-state index contributed by atoms with van der Waals surface area (Å²) in [5, 5.41) is 3.16. The Balaban J connectivity index is 1.09. The predicted octanol–water partition coefficient (Wildman–Crippen LogP) is 13.6. The molecule has 2 aliphatic rings. The fourth-order valence-corrected chi connectivity index (χ4v) is 7.99. The molecular formula is C42H24ClNO4S. The minimum atomic E-state index is 0.636. The molecule has 234 valence electrons. The molecule has 0 atom stereocenters. The first-order valence-corrected chi connectivity index (χ1v) is 17.0. The number of fused-ring (bicyclic) bond motifs is 7. The van der Waals surface area contributed by atoms with Crippen molar-refractivity contribution in [3.8, 4) is 57.1 Å². The minimum Gasteiger partial charge on any atom is -0.450 e. The molecular weight excluding hydrogens is 650 g/mol. The zero-order valence-electron chi connectivity index (χ0n) is 25.7. The van der Waals surface area contributed by atoms with Crippen molar-refractivity contribution in [1.82, 2.24) is 0 Å². The third kappa shape index (κ3) is 4.68. The number of benzene rings is 7. The molecule has 0 fully saturated rings. The Morgan fingerprint density at radius 1 is 0.449 bits per heavy atom. The van der Waals surface area contributed by atoms with Gasteiger partial charge in [0, 0.05) is 33.3 Å². The summed E-state index contributed by atoms with van der Waals surface area (Å²) in [4.78, 5) is 2.18. The van der Waals surface area contributed by atoms with Crippen molar-refractivity contribution < 1.29 is 18.9 Å². The standard InChI is InChI=1S/C42H24ClNO4S/c43-31-20-19-29(41-30-7-1-6-12-40(30)49-42(31)41)25-13-15-26(16-14-25)44(27-17-21-36-38(23-27)47-34-10-4-2-8-32(34)45-36)28-18-22-37-39(24-28)48-35-11-5-3-9-33(35)46-37/h1-24H. The van der Waals surface area contributed by atoms with E-state index in [1.807, 2.05) is 91.0 Å². The van der Waals surface area contributed by atoms with E-state index < -0.39 is 0 Å². The van der Waals surface area contributed by atoms with Crippen LogP contribution >= 0.6 is 22.9 Å². The van der Waals surface area contributed by atoms with Gasteiger partial charge in [0.15, 0.2) is 46.0 Å². The van der Waals surface area contributed by atoms with Gasteiger partial charge in [-0.05, 0) is 83.9 Å². The van der Waals surface area contributed by atoms with Crippen molar-refractivity contribution in [2.45, 2.75) is 0 Å². The van der Waals surface area contributed by atoms with Gasteiger partial charge in [-0.25, -0.2) is 0 Å². The number of anilines is 3. The van der Waals surface area contributed by atoms with Crippen molar-refractivity contribution in [3.63, 3.8) is 0 Å². The van der Waals surface area contributed by atoms with Gasteiger partial charge in [-0.2, -0.15) is 0 Å². The van der Waals surface area contributed by atoms with E-state index >= 15 is 0 Å². The molecule has 0 unspecified atom stereocenters. The van der Waals surface area contributed by atoms with Gasteiger partial charge in [0.25, 0.3) is 0 Å². The molecule has 2 aliphatic heterocycles. The van der Waals surface area contributed by atoms with Gasteiger partial charge in [-0.3, -0.25) is 0 Å². The highest BCUT2D eigenvalue weighted by molar-refractivity contribution is 7.26. The number of para-hydroxylation sites is 4. The van der Waals surface area contributed by atoms with E-state index in [1.54, 1.807) is 11.3 Å². The third-order valence-electron chi connectivity index (χ3n) is 8.86. The Hall–Kier alpha value is -5.95. The maximum absolute atomic E-state index is 6.71. The van der Waals surface area contributed by atoms with Gasteiger partial charge in [-0.1, -0.05) is 72.3 Å². The van der Waals surface area contributed by atoms with Crippen LogP contribution in [0, 0.1) is 0 Å². The highest BCUT2D eigenvalue weighted by Crippen LogP contribution is 2.51. The van der Waals surface area contributed by atoms with E-state index in [2.05, 4.69) is 59.5 Å². The van der Waals surface area contributed by atoms with Crippen LogP contribution < -0.4 is 23.8 Å². The highest BCUT2D eigenvalue weighted by Gasteiger charge is 2.24. The number of ether oxygens (including phenoxy) is 4. The van der Waals surface area contributed by atoms with Gasteiger partial charge >= 0.3 is 0 Å². The monoisotopic (exact) mass is 673 g/mol. The number of hydrogen-bond acceptors (Lipinski definition) is 6. The van der Waals surface area contributed by atoms with E-state index in [4.69, 9.17) is 30.5 Å². The zero-order chi connectivity index (χ0) is 32.5. The highest BCUT2D eigenvalue weighted by atomic mass is 35.5. The van der Waals surface area contributed by atoms with Crippen molar-refractivity contribution in [2.75, 3.05) is 4.90 Å². The molecule has 0 saturated carbocycles. The Kier molecular flexibility index (Phi) is 6.34. The maximum atomic E-state index is 6.71. The van der Waals surface area contributed by atoms with Gasteiger partial charge in [0.1, 0.15) is 0 Å². The van der Waals surface area contributed by atoms with E-state index in [0.717, 1.165) is 37.9 Å². The van der Waals surface area contributed by atoms with Crippen LogP contribution in [0.1, 0.15) is 0 Å². The molecule has 0 radical (unpaired) electrons. The average Bonchev–Trinajstić information content (AvgIpc) is 3.54. The average molecular weight is 674 g/mol. The van der Waals surface area contributed by atoms with Gasteiger partial charge in [0.2, 0.25) is 0 Å². The number of rotatable bonds is 4. The van der Waals surface area contributed by atoms with E-state index in [1.165, 1.54) is 15.5 Å². The van der Waals surface area contributed by atoms with Crippen LogP contribution in [-0.2, 0) is 0 Å². The summed E-state index contributed by atoms with van der Waals surface area (Å²) in [5.41, 5.74) is 4.99. The lowest BCUT2D eigenvalue weighted by Gasteiger charge is -2.29. The quantitative estimate of drug-likeness (QED) is 0.186. The smallest absolute Gasteiger partial charge is 0.172 e. The SMILES string of the molecule is Clc1ccc(-c2ccc(N(c3ccc4c(c3)Oc3ccccc3O4)c3ccc4c(c3)Oc3ccccc3O4)cc2)c2c1sc1ccccc12. The van der Waals surface area contributed by atoms with E-state index in [0.29, 0.717) is 46.0 Å². The van der Waals surface area contributed by atoms with Crippen molar-refractivity contribution >= 4 is 60.2 Å². The second kappa shape index (κ2) is 11.1. The van der Waals surface area contributed by atoms with Crippen molar-refractivity contribution in [1.29, 1.82) is 0 Å². The summed E-state index contributed by atoms with van der Waals surface area (Å²) in [7, 11) is 0. The topological polar surface area (TPSA) is 40.2 Å². The maximum Gasteiger partial charge on any atom is 0.172 e. The molecule has 0 amide bonds. The van der Waals surface area contributed by atoms with Crippen molar-refractivity contribution in [2.24, 2.45) is 0 Å². The normalized spacial score (nSPS) is 12.4. The molecule has 0 aliphatic carbocycles. The van der Waals surface area contributed by atoms with Crippen molar-refractivity contribution in [3.05, 3.63) is 151 Å². The van der Waals surface area contributed by atoms with E-state index in [-0.39, 0.29) is 0 Å². The number of thiophene rings is 1. The molecule has 7 aromatic carbocycles. The van der Waals surface area contributed by atoms with Crippen LogP contribution in [0.2, 0.25) is 5.02 Å². The molecule has 7 heteroatoms. The first-order valence-electron chi connectivity index (χ1n) is 15.8. The fraction of sp³-hybridized carbons (Fsp3) is 0. The first kappa shape index (κ1) is 28.1. The summed E-state index contributed by atoms with van der Waals surface area (Å²) in [6.45, 7) is 0. The molecule has 0 bridgehead atoms. The van der Waals surface area contributed by atoms with Gasteiger partial charge in [-0.15, -0.1) is 11.3 Å². The molecule has 3 heterocycles. The number of halogens is 1.